The van der Waals surface area contributed by atoms with Crippen LogP contribution in [0, 0.1) is 12.3 Å². The number of hydrogen-bond donors (Lipinski definition) is 1. The number of hydrogen-bond acceptors (Lipinski definition) is 3. The van der Waals surface area contributed by atoms with E-state index in [1.807, 2.05) is 0 Å². The van der Waals surface area contributed by atoms with Crippen LogP contribution in [0.5, 0.6) is 0 Å². The van der Waals surface area contributed by atoms with E-state index in [9.17, 15) is 4.79 Å². The van der Waals surface area contributed by atoms with Gasteiger partial charge in [-0.25, -0.2) is 4.98 Å². The first kappa shape index (κ1) is 14.2. The molecule has 0 spiro atoms. The van der Waals surface area contributed by atoms with Gasteiger partial charge in [0, 0.05) is 11.4 Å². The van der Waals surface area contributed by atoms with Gasteiger partial charge in [-0.1, -0.05) is 36.7 Å². The SMILES string of the molecule is Cc1ncoc1C(=O)NC(CCBr)C(C)(C)C. The fraction of sp³-hybridized carbons (Fsp3) is 0.667. The van der Waals surface area contributed by atoms with Crippen LogP contribution < -0.4 is 5.32 Å². The fourth-order valence-corrected chi connectivity index (χ4v) is 2.03. The number of nitrogens with one attached hydrogen (secondary N) is 1. The molecule has 1 amide bonds. The van der Waals surface area contributed by atoms with Crippen LogP contribution in [-0.2, 0) is 0 Å². The number of aromatic nitrogens is 1. The maximum atomic E-state index is 12.0. The first-order valence-electron chi connectivity index (χ1n) is 5.63. The summed E-state index contributed by atoms with van der Waals surface area (Å²) < 4.78 is 5.08. The predicted molar refractivity (Wildman–Crippen MR) is 70.4 cm³/mol. The second-order valence-electron chi connectivity index (χ2n) is 5.14. The zero-order valence-corrected chi connectivity index (χ0v) is 12.3. The monoisotopic (exact) mass is 302 g/mol. The maximum Gasteiger partial charge on any atom is 0.289 e. The van der Waals surface area contributed by atoms with Gasteiger partial charge in [0.2, 0.25) is 5.76 Å². The van der Waals surface area contributed by atoms with Crippen molar-refractivity contribution in [3.05, 3.63) is 17.8 Å². The van der Waals surface area contributed by atoms with Gasteiger partial charge in [0.25, 0.3) is 5.91 Å². The average Bonchev–Trinajstić information content (AvgIpc) is 2.62. The lowest BCUT2D eigenvalue weighted by Crippen LogP contribution is -2.44. The van der Waals surface area contributed by atoms with E-state index in [2.05, 4.69) is 47.0 Å². The summed E-state index contributed by atoms with van der Waals surface area (Å²) in [4.78, 5) is 15.9. The molecule has 1 heterocycles. The van der Waals surface area contributed by atoms with Gasteiger partial charge in [-0.2, -0.15) is 0 Å². The van der Waals surface area contributed by atoms with Crippen LogP contribution in [0.25, 0.3) is 0 Å². The molecule has 0 radical (unpaired) electrons. The van der Waals surface area contributed by atoms with Crippen LogP contribution in [0.15, 0.2) is 10.8 Å². The Morgan fingerprint density at radius 1 is 1.59 bits per heavy atom. The van der Waals surface area contributed by atoms with Crippen LogP contribution in [0.2, 0.25) is 0 Å². The Morgan fingerprint density at radius 2 is 2.24 bits per heavy atom. The number of amides is 1. The lowest BCUT2D eigenvalue weighted by molar-refractivity contribution is 0.0871. The Balaban J connectivity index is 2.75. The average molecular weight is 303 g/mol. The highest BCUT2D eigenvalue weighted by molar-refractivity contribution is 9.09. The first-order chi connectivity index (χ1) is 7.86. The Hall–Kier alpha value is -0.840. The number of carbonyl (C=O) groups is 1. The highest BCUT2D eigenvalue weighted by Gasteiger charge is 2.27. The molecule has 5 heteroatoms. The van der Waals surface area contributed by atoms with Gasteiger partial charge in [-0.05, 0) is 18.8 Å². The zero-order chi connectivity index (χ0) is 13.1. The quantitative estimate of drug-likeness (QED) is 0.870. The topological polar surface area (TPSA) is 55.1 Å². The van der Waals surface area contributed by atoms with Gasteiger partial charge in [0.05, 0.1) is 5.69 Å². The van der Waals surface area contributed by atoms with E-state index in [1.54, 1.807) is 6.92 Å². The van der Waals surface area contributed by atoms with Crippen LogP contribution >= 0.6 is 15.9 Å². The molecule has 1 aromatic heterocycles. The van der Waals surface area contributed by atoms with Crippen molar-refractivity contribution in [2.24, 2.45) is 5.41 Å². The van der Waals surface area contributed by atoms with Crippen molar-refractivity contribution in [3.8, 4) is 0 Å². The summed E-state index contributed by atoms with van der Waals surface area (Å²) in [5.74, 6) is 0.106. The summed E-state index contributed by atoms with van der Waals surface area (Å²) in [6.45, 7) is 8.07. The molecular formula is C12H19BrN2O2. The van der Waals surface area contributed by atoms with Crippen molar-refractivity contribution in [3.63, 3.8) is 0 Å². The van der Waals surface area contributed by atoms with Gasteiger partial charge < -0.3 is 9.73 Å². The number of alkyl halides is 1. The van der Waals surface area contributed by atoms with E-state index in [1.165, 1.54) is 6.39 Å². The molecule has 1 rings (SSSR count). The van der Waals surface area contributed by atoms with E-state index < -0.39 is 0 Å². The molecule has 0 bridgehead atoms. The summed E-state index contributed by atoms with van der Waals surface area (Å²) in [7, 11) is 0. The number of aryl methyl sites for hydroxylation is 1. The molecule has 1 N–H and O–H groups in total. The van der Waals surface area contributed by atoms with E-state index in [-0.39, 0.29) is 17.4 Å². The largest absolute Gasteiger partial charge is 0.438 e. The highest BCUT2D eigenvalue weighted by Crippen LogP contribution is 2.23. The molecule has 0 aliphatic rings. The molecule has 1 unspecified atom stereocenters. The van der Waals surface area contributed by atoms with Gasteiger partial charge in [-0.15, -0.1) is 0 Å². The van der Waals surface area contributed by atoms with Gasteiger partial charge in [-0.3, -0.25) is 4.79 Å². The second-order valence-corrected chi connectivity index (χ2v) is 5.93. The molecule has 1 aromatic rings. The smallest absolute Gasteiger partial charge is 0.289 e. The van der Waals surface area contributed by atoms with Crippen molar-refractivity contribution < 1.29 is 9.21 Å². The third-order valence-electron chi connectivity index (χ3n) is 2.70. The Bertz CT molecular complexity index is 382. The Labute approximate surface area is 110 Å². The minimum atomic E-state index is -0.194. The minimum Gasteiger partial charge on any atom is -0.438 e. The third kappa shape index (κ3) is 3.84. The summed E-state index contributed by atoms with van der Waals surface area (Å²) in [5.41, 5.74) is 0.631. The fourth-order valence-electron chi connectivity index (χ4n) is 1.57. The summed E-state index contributed by atoms with van der Waals surface area (Å²) >= 11 is 3.41. The number of oxazole rings is 1. The number of carbonyl (C=O) groups excluding carboxylic acids is 1. The zero-order valence-electron chi connectivity index (χ0n) is 10.7. The lowest BCUT2D eigenvalue weighted by Gasteiger charge is -2.30. The molecule has 4 nitrogen and oxygen atoms in total. The number of halogens is 1. The molecule has 1 atom stereocenters. The van der Waals surface area contributed by atoms with E-state index in [0.717, 1.165) is 11.8 Å². The Morgan fingerprint density at radius 3 is 2.65 bits per heavy atom. The van der Waals surface area contributed by atoms with Crippen LogP contribution in [-0.4, -0.2) is 22.3 Å². The summed E-state index contributed by atoms with van der Waals surface area (Å²) in [6.07, 6.45) is 2.17. The molecular weight excluding hydrogens is 284 g/mol. The minimum absolute atomic E-state index is 0.0113. The molecule has 0 aliphatic carbocycles. The Kier molecular flexibility index (Phi) is 4.74. The highest BCUT2D eigenvalue weighted by atomic mass is 79.9. The molecule has 0 fully saturated rings. The van der Waals surface area contributed by atoms with Gasteiger partial charge >= 0.3 is 0 Å². The van der Waals surface area contributed by atoms with Crippen molar-refractivity contribution in [2.75, 3.05) is 5.33 Å². The lowest BCUT2D eigenvalue weighted by atomic mass is 9.85. The van der Waals surface area contributed by atoms with Crippen LogP contribution in [0.1, 0.15) is 43.4 Å². The van der Waals surface area contributed by atoms with E-state index in [4.69, 9.17) is 4.42 Å². The first-order valence-corrected chi connectivity index (χ1v) is 6.75. The molecule has 0 aliphatic heterocycles. The van der Waals surface area contributed by atoms with Gasteiger partial charge in [0.1, 0.15) is 0 Å². The molecule has 0 saturated carbocycles. The van der Waals surface area contributed by atoms with Crippen molar-refractivity contribution in [1.82, 2.24) is 10.3 Å². The second kappa shape index (κ2) is 5.67. The van der Waals surface area contributed by atoms with Crippen LogP contribution in [0.4, 0.5) is 0 Å². The third-order valence-corrected chi connectivity index (χ3v) is 3.16. The summed E-state index contributed by atoms with van der Waals surface area (Å²) in [5, 5.41) is 3.85. The van der Waals surface area contributed by atoms with Crippen molar-refractivity contribution in [1.29, 1.82) is 0 Å². The normalized spacial score (nSPS) is 13.5. The predicted octanol–water partition coefficient (Wildman–Crippen LogP) is 2.91. The molecule has 96 valence electrons. The van der Waals surface area contributed by atoms with E-state index >= 15 is 0 Å². The summed E-state index contributed by atoms with van der Waals surface area (Å²) in [6, 6.07) is 0.0962. The van der Waals surface area contributed by atoms with E-state index in [0.29, 0.717) is 11.5 Å². The van der Waals surface area contributed by atoms with Crippen molar-refractivity contribution >= 4 is 21.8 Å². The van der Waals surface area contributed by atoms with Gasteiger partial charge in [0.15, 0.2) is 6.39 Å². The number of nitrogens with zero attached hydrogens (tertiary/aromatic N) is 1. The van der Waals surface area contributed by atoms with Crippen molar-refractivity contribution in [2.45, 2.75) is 40.2 Å². The van der Waals surface area contributed by atoms with Crippen LogP contribution in [0.3, 0.4) is 0 Å². The standard InChI is InChI=1S/C12H19BrN2O2/c1-8-10(17-7-14-8)11(16)15-9(5-6-13)12(2,3)4/h7,9H,5-6H2,1-4H3,(H,15,16). The maximum absolute atomic E-state index is 12.0. The molecule has 0 aromatic carbocycles. The number of rotatable bonds is 4. The molecule has 0 saturated heterocycles. The molecule has 17 heavy (non-hydrogen) atoms.